The number of amides is 1. The second-order valence-electron chi connectivity index (χ2n) is 5.29. The van der Waals surface area contributed by atoms with E-state index in [9.17, 15) is 18.0 Å². The molecule has 2 rings (SSSR count). The zero-order chi connectivity index (χ0) is 17.2. The minimum absolute atomic E-state index is 0.0644. The molecule has 1 N–H and O–H groups in total. The van der Waals surface area contributed by atoms with Gasteiger partial charge >= 0.3 is 0 Å². The number of hydrogen-bond donors (Lipinski definition) is 1. The van der Waals surface area contributed by atoms with Gasteiger partial charge in [0.1, 0.15) is 0 Å². The van der Waals surface area contributed by atoms with Crippen molar-refractivity contribution in [2.45, 2.75) is 6.92 Å². The Morgan fingerprint density at radius 2 is 1.96 bits per heavy atom. The lowest BCUT2D eigenvalue weighted by molar-refractivity contribution is 0.0959. The predicted molar refractivity (Wildman–Crippen MR) is 90.2 cm³/mol. The SMILES string of the molecule is Cc1c(C(=O)NC/C=C/S(C)(=O)=O)c2ccccc2n(C)c1=O. The summed E-state index contributed by atoms with van der Waals surface area (Å²) in [7, 11) is -1.57. The first-order chi connectivity index (χ1) is 10.7. The molecule has 0 fully saturated rings. The second-order valence-corrected chi connectivity index (χ2v) is 7.22. The Labute approximate surface area is 134 Å². The van der Waals surface area contributed by atoms with E-state index in [1.165, 1.54) is 10.6 Å². The highest BCUT2D eigenvalue weighted by Crippen LogP contribution is 2.19. The molecule has 6 nitrogen and oxygen atoms in total. The van der Waals surface area contributed by atoms with E-state index in [2.05, 4.69) is 5.32 Å². The molecule has 1 aromatic carbocycles. The van der Waals surface area contributed by atoms with Gasteiger partial charge in [-0.2, -0.15) is 0 Å². The molecule has 1 heterocycles. The molecule has 0 saturated carbocycles. The highest BCUT2D eigenvalue weighted by Gasteiger charge is 2.17. The van der Waals surface area contributed by atoms with Gasteiger partial charge in [0.15, 0.2) is 9.84 Å². The van der Waals surface area contributed by atoms with Gasteiger partial charge in [-0.25, -0.2) is 8.42 Å². The van der Waals surface area contributed by atoms with Crippen molar-refractivity contribution in [1.82, 2.24) is 9.88 Å². The molecule has 0 radical (unpaired) electrons. The fourth-order valence-electron chi connectivity index (χ4n) is 2.40. The molecular weight excluding hydrogens is 316 g/mol. The average molecular weight is 334 g/mol. The zero-order valence-electron chi connectivity index (χ0n) is 13.2. The van der Waals surface area contributed by atoms with Crippen LogP contribution in [-0.2, 0) is 16.9 Å². The van der Waals surface area contributed by atoms with Gasteiger partial charge in [0.2, 0.25) is 0 Å². The standard InChI is InChI=1S/C16H18N2O4S/c1-11-14(15(19)17-9-6-10-23(3,21)22)12-7-4-5-8-13(12)18(2)16(11)20/h4-8,10H,9H2,1-3H3,(H,17,19)/b10-6+. The largest absolute Gasteiger partial charge is 0.349 e. The van der Waals surface area contributed by atoms with Crippen LogP contribution >= 0.6 is 0 Å². The molecule has 1 amide bonds. The van der Waals surface area contributed by atoms with Gasteiger partial charge in [-0.3, -0.25) is 9.59 Å². The summed E-state index contributed by atoms with van der Waals surface area (Å²) in [6.07, 6.45) is 2.43. The van der Waals surface area contributed by atoms with E-state index in [-0.39, 0.29) is 12.1 Å². The maximum atomic E-state index is 12.4. The summed E-state index contributed by atoms with van der Waals surface area (Å²) in [6, 6.07) is 7.15. The van der Waals surface area contributed by atoms with Gasteiger partial charge in [-0.05, 0) is 13.0 Å². The Kier molecular flexibility index (Phi) is 4.70. The number of carbonyl (C=O) groups is 1. The van der Waals surface area contributed by atoms with Crippen molar-refractivity contribution in [1.29, 1.82) is 0 Å². The van der Waals surface area contributed by atoms with E-state index in [4.69, 9.17) is 0 Å². The van der Waals surface area contributed by atoms with Gasteiger partial charge in [0, 0.05) is 36.2 Å². The first kappa shape index (κ1) is 17.0. The molecular formula is C16H18N2O4S. The number of nitrogens with zero attached hydrogens (tertiary/aromatic N) is 1. The van der Waals surface area contributed by atoms with Crippen LogP contribution in [0.3, 0.4) is 0 Å². The Morgan fingerprint density at radius 1 is 1.30 bits per heavy atom. The van der Waals surface area contributed by atoms with Crippen LogP contribution in [0, 0.1) is 6.92 Å². The van der Waals surface area contributed by atoms with E-state index in [1.54, 1.807) is 38.2 Å². The van der Waals surface area contributed by atoms with Crippen molar-refractivity contribution in [2.75, 3.05) is 12.8 Å². The fourth-order valence-corrected chi connectivity index (χ4v) is 2.85. The molecule has 0 bridgehead atoms. The number of aromatic nitrogens is 1. The monoisotopic (exact) mass is 334 g/mol. The summed E-state index contributed by atoms with van der Waals surface area (Å²) in [6.45, 7) is 1.67. The molecule has 0 spiro atoms. The number of benzene rings is 1. The number of pyridine rings is 1. The molecule has 0 aliphatic rings. The maximum absolute atomic E-state index is 12.4. The van der Waals surface area contributed by atoms with Crippen molar-refractivity contribution in [3.63, 3.8) is 0 Å². The van der Waals surface area contributed by atoms with Crippen molar-refractivity contribution in [3.05, 3.63) is 57.2 Å². The van der Waals surface area contributed by atoms with Gasteiger partial charge in [0.05, 0.1) is 11.1 Å². The highest BCUT2D eigenvalue weighted by atomic mass is 32.2. The molecule has 0 saturated heterocycles. The van der Waals surface area contributed by atoms with Gasteiger partial charge < -0.3 is 9.88 Å². The van der Waals surface area contributed by atoms with Crippen LogP contribution in [0.5, 0.6) is 0 Å². The summed E-state index contributed by atoms with van der Waals surface area (Å²) in [5.41, 5.74) is 1.10. The van der Waals surface area contributed by atoms with E-state index in [1.807, 2.05) is 0 Å². The number of carbonyl (C=O) groups excluding carboxylic acids is 1. The quantitative estimate of drug-likeness (QED) is 0.908. The minimum Gasteiger partial charge on any atom is -0.349 e. The number of rotatable bonds is 4. The first-order valence-electron chi connectivity index (χ1n) is 6.95. The van der Waals surface area contributed by atoms with Gasteiger partial charge in [-0.15, -0.1) is 0 Å². The van der Waals surface area contributed by atoms with Crippen LogP contribution in [-0.4, -0.2) is 31.7 Å². The Balaban J connectivity index is 2.42. The third kappa shape index (κ3) is 3.68. The van der Waals surface area contributed by atoms with Crippen molar-refractivity contribution in [2.24, 2.45) is 7.05 Å². The lowest BCUT2D eigenvalue weighted by Gasteiger charge is -2.13. The summed E-state index contributed by atoms with van der Waals surface area (Å²) in [5, 5.41) is 4.32. The van der Waals surface area contributed by atoms with Gasteiger partial charge in [0.25, 0.3) is 11.5 Å². The zero-order valence-corrected chi connectivity index (χ0v) is 14.0. The van der Waals surface area contributed by atoms with Crippen LogP contribution in [0.25, 0.3) is 10.9 Å². The average Bonchev–Trinajstić information content (AvgIpc) is 2.49. The predicted octanol–water partition coefficient (Wildman–Crippen LogP) is 1.14. The third-order valence-corrected chi connectivity index (χ3v) is 4.17. The van der Waals surface area contributed by atoms with E-state index in [0.717, 1.165) is 11.7 Å². The molecule has 122 valence electrons. The van der Waals surface area contributed by atoms with Crippen LogP contribution in [0.4, 0.5) is 0 Å². The molecule has 7 heteroatoms. The normalized spacial score (nSPS) is 12.0. The van der Waals surface area contributed by atoms with Crippen LogP contribution < -0.4 is 10.9 Å². The minimum atomic E-state index is -3.23. The third-order valence-electron chi connectivity index (χ3n) is 3.49. The molecule has 0 aliphatic heterocycles. The lowest BCUT2D eigenvalue weighted by atomic mass is 10.0. The molecule has 0 aliphatic carbocycles. The number of sulfone groups is 1. The van der Waals surface area contributed by atoms with Crippen molar-refractivity contribution < 1.29 is 13.2 Å². The van der Waals surface area contributed by atoms with Crippen LogP contribution in [0.2, 0.25) is 0 Å². The van der Waals surface area contributed by atoms with E-state index in [0.29, 0.717) is 22.0 Å². The first-order valence-corrected chi connectivity index (χ1v) is 8.91. The number of hydrogen-bond acceptors (Lipinski definition) is 4. The number of fused-ring (bicyclic) bond motifs is 1. The molecule has 2 aromatic rings. The molecule has 23 heavy (non-hydrogen) atoms. The summed E-state index contributed by atoms with van der Waals surface area (Å²) in [5.74, 6) is -0.408. The van der Waals surface area contributed by atoms with Crippen molar-refractivity contribution in [3.8, 4) is 0 Å². The Bertz CT molecular complexity index is 956. The van der Waals surface area contributed by atoms with Crippen molar-refractivity contribution >= 4 is 26.6 Å². The Hall–Kier alpha value is -2.41. The molecule has 0 unspecified atom stereocenters. The van der Waals surface area contributed by atoms with E-state index < -0.39 is 15.7 Å². The number of para-hydroxylation sites is 1. The fraction of sp³-hybridized carbons (Fsp3) is 0.250. The maximum Gasteiger partial charge on any atom is 0.254 e. The number of nitrogens with one attached hydrogen (secondary N) is 1. The molecule has 0 atom stereocenters. The number of aryl methyl sites for hydroxylation is 1. The van der Waals surface area contributed by atoms with Crippen LogP contribution in [0.15, 0.2) is 40.5 Å². The van der Waals surface area contributed by atoms with Crippen LogP contribution in [0.1, 0.15) is 15.9 Å². The highest BCUT2D eigenvalue weighted by molar-refractivity contribution is 7.93. The topological polar surface area (TPSA) is 85.2 Å². The second kappa shape index (κ2) is 6.37. The molecule has 1 aromatic heterocycles. The summed E-state index contributed by atoms with van der Waals surface area (Å²) < 4.78 is 23.5. The van der Waals surface area contributed by atoms with Gasteiger partial charge in [-0.1, -0.05) is 24.3 Å². The van der Waals surface area contributed by atoms with E-state index >= 15 is 0 Å². The summed E-state index contributed by atoms with van der Waals surface area (Å²) >= 11 is 0. The summed E-state index contributed by atoms with van der Waals surface area (Å²) in [4.78, 5) is 24.7. The Morgan fingerprint density at radius 3 is 2.61 bits per heavy atom. The smallest absolute Gasteiger partial charge is 0.254 e. The lowest BCUT2D eigenvalue weighted by Crippen LogP contribution is -2.29.